The number of fused-ring (bicyclic) bond motifs is 1. The maximum absolute atomic E-state index is 5.43. The van der Waals surface area contributed by atoms with Crippen LogP contribution in [0.15, 0.2) is 48.5 Å². The summed E-state index contributed by atoms with van der Waals surface area (Å²) in [4.78, 5) is 0. The molecule has 0 amide bonds. The average molecular weight is 183 g/mol. The van der Waals surface area contributed by atoms with Gasteiger partial charge in [-0.2, -0.15) is 0 Å². The van der Waals surface area contributed by atoms with E-state index in [4.69, 9.17) is 5.73 Å². The van der Waals surface area contributed by atoms with Crippen molar-refractivity contribution in [2.24, 2.45) is 5.73 Å². The highest BCUT2D eigenvalue weighted by Crippen LogP contribution is 2.19. The second kappa shape index (κ2) is 4.07. The Balaban J connectivity index is 2.59. The summed E-state index contributed by atoms with van der Waals surface area (Å²) >= 11 is 0. The molecule has 0 aliphatic heterocycles. The Morgan fingerprint density at radius 1 is 1.00 bits per heavy atom. The zero-order chi connectivity index (χ0) is 9.80. The van der Waals surface area contributed by atoms with Crippen molar-refractivity contribution in [1.29, 1.82) is 0 Å². The maximum Gasteiger partial charge on any atom is 0.0110 e. The first-order valence-corrected chi connectivity index (χ1v) is 4.76. The van der Waals surface area contributed by atoms with E-state index in [1.807, 2.05) is 6.08 Å². The first-order valence-electron chi connectivity index (χ1n) is 4.76. The van der Waals surface area contributed by atoms with E-state index >= 15 is 0 Å². The van der Waals surface area contributed by atoms with Crippen LogP contribution in [0.4, 0.5) is 0 Å². The normalized spacial score (nSPS) is 11.2. The van der Waals surface area contributed by atoms with Gasteiger partial charge in [0.2, 0.25) is 0 Å². The van der Waals surface area contributed by atoms with Crippen molar-refractivity contribution in [1.82, 2.24) is 0 Å². The Morgan fingerprint density at radius 2 is 1.79 bits per heavy atom. The van der Waals surface area contributed by atoms with Crippen LogP contribution in [0.2, 0.25) is 0 Å². The van der Waals surface area contributed by atoms with E-state index in [2.05, 4.69) is 48.5 Å². The minimum absolute atomic E-state index is 0.587. The molecule has 70 valence electrons. The Kier molecular flexibility index (Phi) is 2.61. The lowest BCUT2D eigenvalue weighted by Gasteiger charge is -2.00. The SMILES string of the molecule is NC/C=C/c1cccc2ccccc12. The van der Waals surface area contributed by atoms with Crippen LogP contribution in [0.3, 0.4) is 0 Å². The maximum atomic E-state index is 5.43. The highest BCUT2D eigenvalue weighted by atomic mass is 14.5. The molecule has 2 N–H and O–H groups in total. The van der Waals surface area contributed by atoms with E-state index in [0.717, 1.165) is 0 Å². The molecule has 0 saturated heterocycles. The molecule has 0 aromatic heterocycles. The van der Waals surface area contributed by atoms with E-state index in [0.29, 0.717) is 6.54 Å². The summed E-state index contributed by atoms with van der Waals surface area (Å²) in [5.41, 5.74) is 6.66. The molecule has 2 rings (SSSR count). The van der Waals surface area contributed by atoms with Crippen molar-refractivity contribution in [3.8, 4) is 0 Å². The van der Waals surface area contributed by atoms with Gasteiger partial charge in [-0.1, -0.05) is 54.6 Å². The lowest BCUT2D eigenvalue weighted by Crippen LogP contribution is -1.92. The summed E-state index contributed by atoms with van der Waals surface area (Å²) in [5.74, 6) is 0. The van der Waals surface area contributed by atoms with Crippen molar-refractivity contribution in [3.63, 3.8) is 0 Å². The van der Waals surface area contributed by atoms with Gasteiger partial charge in [0.05, 0.1) is 0 Å². The molecular weight excluding hydrogens is 170 g/mol. The van der Waals surface area contributed by atoms with Crippen LogP contribution >= 0.6 is 0 Å². The van der Waals surface area contributed by atoms with Crippen molar-refractivity contribution < 1.29 is 0 Å². The summed E-state index contributed by atoms with van der Waals surface area (Å²) in [6, 6.07) is 14.7. The molecule has 0 heterocycles. The van der Waals surface area contributed by atoms with Gasteiger partial charge in [0.15, 0.2) is 0 Å². The number of nitrogens with two attached hydrogens (primary N) is 1. The minimum Gasteiger partial charge on any atom is -0.327 e. The van der Waals surface area contributed by atoms with Crippen LogP contribution in [-0.4, -0.2) is 6.54 Å². The molecule has 1 heteroatoms. The Labute approximate surface area is 83.9 Å². The fourth-order valence-corrected chi connectivity index (χ4v) is 1.59. The predicted molar refractivity (Wildman–Crippen MR) is 62.0 cm³/mol. The van der Waals surface area contributed by atoms with Crippen LogP contribution in [0.5, 0.6) is 0 Å². The van der Waals surface area contributed by atoms with E-state index in [1.165, 1.54) is 16.3 Å². The molecule has 14 heavy (non-hydrogen) atoms. The van der Waals surface area contributed by atoms with E-state index in [-0.39, 0.29) is 0 Å². The molecule has 0 atom stereocenters. The average Bonchev–Trinajstić information content (AvgIpc) is 2.26. The number of benzene rings is 2. The van der Waals surface area contributed by atoms with Crippen molar-refractivity contribution in [2.45, 2.75) is 0 Å². The number of hydrogen-bond donors (Lipinski definition) is 1. The topological polar surface area (TPSA) is 26.0 Å². The summed E-state index contributed by atoms with van der Waals surface area (Å²) in [6.07, 6.45) is 4.05. The lowest BCUT2D eigenvalue weighted by molar-refractivity contribution is 1.26. The van der Waals surface area contributed by atoms with Gasteiger partial charge in [-0.15, -0.1) is 0 Å². The van der Waals surface area contributed by atoms with Gasteiger partial charge in [-0.25, -0.2) is 0 Å². The molecule has 0 saturated carbocycles. The van der Waals surface area contributed by atoms with Crippen LogP contribution in [0.1, 0.15) is 5.56 Å². The summed E-state index contributed by atoms with van der Waals surface area (Å²) < 4.78 is 0. The van der Waals surface area contributed by atoms with Crippen molar-refractivity contribution in [2.75, 3.05) is 6.54 Å². The fourth-order valence-electron chi connectivity index (χ4n) is 1.59. The minimum atomic E-state index is 0.587. The summed E-state index contributed by atoms with van der Waals surface area (Å²) in [5, 5.41) is 2.55. The molecule has 0 unspecified atom stereocenters. The molecule has 0 spiro atoms. The van der Waals surface area contributed by atoms with Crippen LogP contribution in [0.25, 0.3) is 16.8 Å². The van der Waals surface area contributed by atoms with Gasteiger partial charge >= 0.3 is 0 Å². The molecule has 0 bridgehead atoms. The second-order valence-electron chi connectivity index (χ2n) is 3.21. The molecule has 1 nitrogen and oxygen atoms in total. The highest BCUT2D eigenvalue weighted by molar-refractivity contribution is 5.90. The molecule has 0 radical (unpaired) electrons. The summed E-state index contributed by atoms with van der Waals surface area (Å²) in [7, 11) is 0. The zero-order valence-corrected chi connectivity index (χ0v) is 7.98. The lowest BCUT2D eigenvalue weighted by atomic mass is 10.0. The third-order valence-electron chi connectivity index (χ3n) is 2.26. The number of rotatable bonds is 2. The monoisotopic (exact) mass is 183 g/mol. The van der Waals surface area contributed by atoms with Gasteiger partial charge in [-0.05, 0) is 16.3 Å². The van der Waals surface area contributed by atoms with Crippen LogP contribution in [0, 0.1) is 0 Å². The molecule has 0 aliphatic rings. The zero-order valence-electron chi connectivity index (χ0n) is 7.98. The smallest absolute Gasteiger partial charge is 0.0110 e. The van der Waals surface area contributed by atoms with Gasteiger partial charge < -0.3 is 5.73 Å². The van der Waals surface area contributed by atoms with Crippen molar-refractivity contribution in [3.05, 3.63) is 54.1 Å². The number of hydrogen-bond acceptors (Lipinski definition) is 1. The van der Waals surface area contributed by atoms with Gasteiger partial charge in [-0.3, -0.25) is 0 Å². The predicted octanol–water partition coefficient (Wildman–Crippen LogP) is 2.81. The standard InChI is InChI=1S/C13H13N/c14-10-4-8-12-7-3-6-11-5-1-2-9-13(11)12/h1-9H,10,14H2/b8-4+. The summed E-state index contributed by atoms with van der Waals surface area (Å²) in [6.45, 7) is 0.587. The highest BCUT2D eigenvalue weighted by Gasteiger charge is 1.94. The Hall–Kier alpha value is -1.60. The second-order valence-corrected chi connectivity index (χ2v) is 3.21. The van der Waals surface area contributed by atoms with E-state index < -0.39 is 0 Å². The fraction of sp³-hybridized carbons (Fsp3) is 0.0769. The molecule has 0 fully saturated rings. The quantitative estimate of drug-likeness (QED) is 0.761. The van der Waals surface area contributed by atoms with Crippen molar-refractivity contribution >= 4 is 16.8 Å². The van der Waals surface area contributed by atoms with Gasteiger partial charge in [0, 0.05) is 6.54 Å². The van der Waals surface area contributed by atoms with Gasteiger partial charge in [0.25, 0.3) is 0 Å². The van der Waals surface area contributed by atoms with Gasteiger partial charge in [0.1, 0.15) is 0 Å². The first-order chi connectivity index (χ1) is 6.92. The Bertz CT molecular complexity index is 452. The molecule has 2 aromatic rings. The third kappa shape index (κ3) is 1.68. The third-order valence-corrected chi connectivity index (χ3v) is 2.26. The van der Waals surface area contributed by atoms with Crippen LogP contribution in [-0.2, 0) is 0 Å². The van der Waals surface area contributed by atoms with E-state index in [9.17, 15) is 0 Å². The van der Waals surface area contributed by atoms with Crippen LogP contribution < -0.4 is 5.73 Å². The van der Waals surface area contributed by atoms with E-state index in [1.54, 1.807) is 0 Å². The Morgan fingerprint density at radius 3 is 2.64 bits per heavy atom. The molecular formula is C13H13N. The first kappa shape index (κ1) is 8.97. The molecule has 2 aromatic carbocycles. The largest absolute Gasteiger partial charge is 0.327 e. The molecule has 0 aliphatic carbocycles.